The molecule has 138 valence electrons. The third-order valence-corrected chi connectivity index (χ3v) is 5.03. The van der Waals surface area contributed by atoms with Crippen LogP contribution in [0.4, 0.5) is 0 Å². The van der Waals surface area contributed by atoms with E-state index in [0.29, 0.717) is 12.5 Å². The minimum Gasteiger partial charge on any atom is -0.504 e. The van der Waals surface area contributed by atoms with Crippen LogP contribution in [0.25, 0.3) is 11.1 Å². The summed E-state index contributed by atoms with van der Waals surface area (Å²) in [6.45, 7) is 6.02. The highest BCUT2D eigenvalue weighted by atomic mass is 16.3. The fourth-order valence-electron chi connectivity index (χ4n) is 3.53. The molecule has 5 heteroatoms. The molecule has 1 aromatic carbocycles. The van der Waals surface area contributed by atoms with Gasteiger partial charge in [-0.3, -0.25) is 4.98 Å². The van der Waals surface area contributed by atoms with Crippen LogP contribution in [0.3, 0.4) is 0 Å². The van der Waals surface area contributed by atoms with Crippen molar-refractivity contribution in [2.45, 2.75) is 26.3 Å². The highest BCUT2D eigenvalue weighted by molar-refractivity contribution is 5.89. The first kappa shape index (κ1) is 17.3. The lowest BCUT2D eigenvalue weighted by molar-refractivity contribution is 0.242. The number of amidine groups is 1. The molecule has 27 heavy (non-hydrogen) atoms. The summed E-state index contributed by atoms with van der Waals surface area (Å²) in [6.07, 6.45) is 6.03. The number of fused-ring (bicyclic) bond motifs is 1. The Kier molecular flexibility index (Phi) is 4.67. The van der Waals surface area contributed by atoms with E-state index in [2.05, 4.69) is 51.8 Å². The fourth-order valence-corrected chi connectivity index (χ4v) is 3.53. The second-order valence-electron chi connectivity index (χ2n) is 7.10. The summed E-state index contributed by atoms with van der Waals surface area (Å²) < 4.78 is 0. The van der Waals surface area contributed by atoms with Gasteiger partial charge in [0, 0.05) is 43.5 Å². The molecule has 2 aliphatic heterocycles. The number of pyridine rings is 1. The van der Waals surface area contributed by atoms with Crippen molar-refractivity contribution in [3.63, 3.8) is 0 Å². The fraction of sp³-hybridized carbons (Fsp3) is 0.273. The van der Waals surface area contributed by atoms with Crippen molar-refractivity contribution in [2.24, 2.45) is 4.99 Å². The molecule has 2 aromatic rings. The van der Waals surface area contributed by atoms with Crippen LogP contribution in [-0.2, 0) is 6.42 Å². The molecule has 0 fully saturated rings. The lowest BCUT2D eigenvalue weighted by Crippen LogP contribution is -2.45. The Hall–Kier alpha value is -3.08. The normalized spacial score (nSPS) is 16.6. The van der Waals surface area contributed by atoms with Gasteiger partial charge in [-0.25, -0.2) is 4.99 Å². The van der Waals surface area contributed by atoms with E-state index in [9.17, 15) is 5.11 Å². The van der Waals surface area contributed by atoms with Gasteiger partial charge in [-0.15, -0.1) is 0 Å². The predicted octanol–water partition coefficient (Wildman–Crippen LogP) is 3.97. The van der Waals surface area contributed by atoms with Crippen molar-refractivity contribution in [1.29, 1.82) is 0 Å². The molecule has 0 bridgehead atoms. The number of aliphatic imine (C=N–C) groups is 1. The summed E-state index contributed by atoms with van der Waals surface area (Å²) in [6, 6.07) is 14.8. The molecule has 2 aliphatic rings. The monoisotopic (exact) mass is 360 g/mol. The Morgan fingerprint density at radius 2 is 1.89 bits per heavy atom. The maximum absolute atomic E-state index is 10.3. The number of nitrogens with zero attached hydrogens (tertiary/aromatic N) is 4. The molecule has 0 unspecified atom stereocenters. The summed E-state index contributed by atoms with van der Waals surface area (Å²) in [5.74, 6) is 1.13. The quantitative estimate of drug-likeness (QED) is 0.896. The maximum Gasteiger partial charge on any atom is 0.159 e. The zero-order chi connectivity index (χ0) is 18.8. The molecule has 0 saturated heterocycles. The van der Waals surface area contributed by atoms with Crippen molar-refractivity contribution in [2.75, 3.05) is 13.1 Å². The highest BCUT2D eigenvalue weighted by Gasteiger charge is 2.28. The topological polar surface area (TPSA) is 52.0 Å². The molecule has 0 atom stereocenters. The summed E-state index contributed by atoms with van der Waals surface area (Å²) in [7, 11) is 0. The van der Waals surface area contributed by atoms with Gasteiger partial charge in [0.05, 0.1) is 11.9 Å². The van der Waals surface area contributed by atoms with Gasteiger partial charge in [0.1, 0.15) is 11.5 Å². The molecule has 0 amide bonds. The Morgan fingerprint density at radius 3 is 2.67 bits per heavy atom. The minimum atomic E-state index is 0.216. The zero-order valence-corrected chi connectivity index (χ0v) is 15.7. The van der Waals surface area contributed by atoms with Crippen LogP contribution < -0.4 is 0 Å². The first-order valence-electron chi connectivity index (χ1n) is 9.34. The Labute approximate surface area is 160 Å². The second-order valence-corrected chi connectivity index (χ2v) is 7.10. The number of aliphatic hydroxyl groups is 1. The summed E-state index contributed by atoms with van der Waals surface area (Å²) in [5.41, 5.74) is 4.07. The van der Waals surface area contributed by atoms with Crippen LogP contribution in [0.5, 0.6) is 0 Å². The van der Waals surface area contributed by atoms with E-state index in [1.165, 1.54) is 0 Å². The average molecular weight is 360 g/mol. The molecule has 0 radical (unpaired) electrons. The van der Waals surface area contributed by atoms with E-state index in [-0.39, 0.29) is 5.76 Å². The largest absolute Gasteiger partial charge is 0.504 e. The van der Waals surface area contributed by atoms with Crippen LogP contribution in [0.15, 0.2) is 77.5 Å². The number of rotatable bonds is 4. The van der Waals surface area contributed by atoms with Gasteiger partial charge in [-0.2, -0.15) is 0 Å². The lowest BCUT2D eigenvalue weighted by atomic mass is 10.0. The molecule has 0 saturated carbocycles. The molecule has 5 nitrogen and oxygen atoms in total. The summed E-state index contributed by atoms with van der Waals surface area (Å²) in [4.78, 5) is 13.5. The van der Waals surface area contributed by atoms with Gasteiger partial charge in [-0.1, -0.05) is 36.4 Å². The van der Waals surface area contributed by atoms with Crippen molar-refractivity contribution < 1.29 is 5.11 Å². The molecule has 1 aromatic heterocycles. The lowest BCUT2D eigenvalue weighted by Gasteiger charge is -2.39. The number of aromatic nitrogens is 1. The maximum atomic E-state index is 10.3. The Bertz CT molecular complexity index is 915. The molecule has 1 N–H and O–H groups in total. The Balaban J connectivity index is 1.66. The number of hydrogen-bond donors (Lipinski definition) is 1. The standard InChI is InChI=1S/C22H24N4O/c1-16(2)25-11-12-26-20(15-25)21(27)14-24-22(26)13-19-18(9-6-10-23-19)17-7-4-3-5-8-17/h3-10,14-16,27H,11-13H2,1-2H3. The van der Waals surface area contributed by atoms with Gasteiger partial charge in [0.15, 0.2) is 5.76 Å². The molecular formula is C22H24N4O. The highest BCUT2D eigenvalue weighted by Crippen LogP contribution is 2.27. The first-order chi connectivity index (χ1) is 13.1. The van der Waals surface area contributed by atoms with Gasteiger partial charge < -0.3 is 14.9 Å². The predicted molar refractivity (Wildman–Crippen MR) is 108 cm³/mol. The van der Waals surface area contributed by atoms with Gasteiger partial charge in [0.2, 0.25) is 0 Å². The van der Waals surface area contributed by atoms with Gasteiger partial charge in [-0.05, 0) is 25.5 Å². The van der Waals surface area contributed by atoms with Crippen LogP contribution in [0.2, 0.25) is 0 Å². The van der Waals surface area contributed by atoms with E-state index >= 15 is 0 Å². The third-order valence-electron chi connectivity index (χ3n) is 5.03. The van der Waals surface area contributed by atoms with Crippen molar-refractivity contribution >= 4 is 5.84 Å². The average Bonchev–Trinajstić information content (AvgIpc) is 2.71. The molecule has 0 spiro atoms. The first-order valence-corrected chi connectivity index (χ1v) is 9.34. The zero-order valence-electron chi connectivity index (χ0n) is 15.7. The summed E-state index contributed by atoms with van der Waals surface area (Å²) >= 11 is 0. The Morgan fingerprint density at radius 1 is 1.07 bits per heavy atom. The third kappa shape index (κ3) is 3.45. The number of hydrogen-bond acceptors (Lipinski definition) is 5. The van der Waals surface area contributed by atoms with E-state index in [4.69, 9.17) is 0 Å². The molecular weight excluding hydrogens is 336 g/mol. The van der Waals surface area contributed by atoms with Crippen LogP contribution in [-0.4, -0.2) is 44.9 Å². The van der Waals surface area contributed by atoms with Crippen LogP contribution in [0, 0.1) is 0 Å². The number of benzene rings is 1. The smallest absolute Gasteiger partial charge is 0.159 e. The van der Waals surface area contributed by atoms with E-state index in [1.807, 2.05) is 36.7 Å². The molecule has 3 heterocycles. The van der Waals surface area contributed by atoms with Crippen molar-refractivity contribution in [3.05, 3.63) is 78.2 Å². The molecule has 0 aliphatic carbocycles. The van der Waals surface area contributed by atoms with E-state index in [1.54, 1.807) is 6.20 Å². The van der Waals surface area contributed by atoms with Crippen LogP contribution >= 0.6 is 0 Å². The van der Waals surface area contributed by atoms with E-state index < -0.39 is 0 Å². The van der Waals surface area contributed by atoms with E-state index in [0.717, 1.165) is 41.4 Å². The SMILES string of the molecule is CC(C)N1C=C2C(O)=CN=C(Cc3ncccc3-c3ccccc3)N2CC1. The number of aliphatic hydroxyl groups excluding tert-OH is 1. The second kappa shape index (κ2) is 7.27. The van der Waals surface area contributed by atoms with Crippen molar-refractivity contribution in [3.8, 4) is 11.1 Å². The molecule has 4 rings (SSSR count). The van der Waals surface area contributed by atoms with Gasteiger partial charge >= 0.3 is 0 Å². The minimum absolute atomic E-state index is 0.216. The van der Waals surface area contributed by atoms with Crippen molar-refractivity contribution in [1.82, 2.24) is 14.8 Å². The van der Waals surface area contributed by atoms with Gasteiger partial charge in [0.25, 0.3) is 0 Å². The van der Waals surface area contributed by atoms with Crippen LogP contribution in [0.1, 0.15) is 19.5 Å². The summed E-state index contributed by atoms with van der Waals surface area (Å²) in [5, 5.41) is 10.3.